The van der Waals surface area contributed by atoms with Crippen LogP contribution in [0.15, 0.2) is 45.9 Å². The zero-order valence-electron chi connectivity index (χ0n) is 9.61. The second-order valence-corrected chi connectivity index (χ2v) is 5.23. The largest absolute Gasteiger partial charge is 0.438 e. The highest BCUT2D eigenvalue weighted by atomic mass is 79.9. The summed E-state index contributed by atoms with van der Waals surface area (Å²) >= 11 is 5.08. The van der Waals surface area contributed by atoms with Gasteiger partial charge in [-0.25, -0.2) is 4.98 Å². The minimum atomic E-state index is 0.618. The molecule has 17 heavy (non-hydrogen) atoms. The van der Waals surface area contributed by atoms with Crippen LogP contribution in [0.25, 0.3) is 0 Å². The number of hydrogen-bond acceptors (Lipinski definition) is 3. The fraction of sp³-hybridized carbons (Fsp3) is 0.154. The highest BCUT2D eigenvalue weighted by molar-refractivity contribution is 9.10. The van der Waals surface area contributed by atoms with E-state index in [4.69, 9.17) is 4.74 Å². The van der Waals surface area contributed by atoms with Gasteiger partial charge in [-0.1, -0.05) is 12.1 Å². The standard InChI is InChI=1S/C13H12BrNOS/c1-9-7-13(15-8-10(9)14)16-11-5-3-4-6-12(11)17-2/h3-8H,1-2H3. The average Bonchev–Trinajstić information content (AvgIpc) is 2.34. The topological polar surface area (TPSA) is 22.1 Å². The van der Waals surface area contributed by atoms with Crippen molar-refractivity contribution in [3.63, 3.8) is 0 Å². The molecule has 2 nitrogen and oxygen atoms in total. The van der Waals surface area contributed by atoms with Gasteiger partial charge >= 0.3 is 0 Å². The minimum absolute atomic E-state index is 0.618. The van der Waals surface area contributed by atoms with Crippen LogP contribution in [0, 0.1) is 6.92 Å². The molecule has 0 saturated heterocycles. The Morgan fingerprint density at radius 3 is 2.76 bits per heavy atom. The van der Waals surface area contributed by atoms with Crippen LogP contribution < -0.4 is 4.74 Å². The van der Waals surface area contributed by atoms with Gasteiger partial charge in [-0.2, -0.15) is 0 Å². The number of para-hydroxylation sites is 1. The Kier molecular flexibility index (Phi) is 4.07. The van der Waals surface area contributed by atoms with Crippen LogP contribution in [0.5, 0.6) is 11.6 Å². The van der Waals surface area contributed by atoms with Crippen molar-refractivity contribution in [1.82, 2.24) is 4.98 Å². The third kappa shape index (κ3) is 3.01. The lowest BCUT2D eigenvalue weighted by Crippen LogP contribution is -1.90. The highest BCUT2D eigenvalue weighted by Crippen LogP contribution is 2.31. The van der Waals surface area contributed by atoms with Crippen molar-refractivity contribution >= 4 is 27.7 Å². The van der Waals surface area contributed by atoms with Gasteiger partial charge in [0.05, 0.1) is 0 Å². The fourth-order valence-corrected chi connectivity index (χ4v) is 2.13. The zero-order valence-corrected chi connectivity index (χ0v) is 12.0. The molecule has 0 amide bonds. The minimum Gasteiger partial charge on any atom is -0.438 e. The van der Waals surface area contributed by atoms with Gasteiger partial charge in [-0.05, 0) is 46.8 Å². The van der Waals surface area contributed by atoms with E-state index in [1.165, 1.54) is 0 Å². The van der Waals surface area contributed by atoms with Crippen molar-refractivity contribution in [2.75, 3.05) is 6.26 Å². The van der Waals surface area contributed by atoms with E-state index in [2.05, 4.69) is 20.9 Å². The number of pyridine rings is 1. The summed E-state index contributed by atoms with van der Waals surface area (Å²) in [6.45, 7) is 2.01. The van der Waals surface area contributed by atoms with Crippen LogP contribution in [0.1, 0.15) is 5.56 Å². The predicted octanol–water partition coefficient (Wildman–Crippen LogP) is 4.67. The van der Waals surface area contributed by atoms with Crippen LogP contribution in [-0.4, -0.2) is 11.2 Å². The third-order valence-electron chi connectivity index (χ3n) is 2.31. The first-order valence-electron chi connectivity index (χ1n) is 5.13. The molecule has 1 aromatic carbocycles. The number of aryl methyl sites for hydroxylation is 1. The molecule has 0 radical (unpaired) electrons. The molecule has 0 spiro atoms. The van der Waals surface area contributed by atoms with E-state index >= 15 is 0 Å². The Hall–Kier alpha value is -1.00. The number of rotatable bonds is 3. The molecule has 2 rings (SSSR count). The molecule has 1 aromatic heterocycles. The summed E-state index contributed by atoms with van der Waals surface area (Å²) in [5, 5.41) is 0. The van der Waals surface area contributed by atoms with Crippen molar-refractivity contribution in [2.24, 2.45) is 0 Å². The van der Waals surface area contributed by atoms with Gasteiger partial charge in [-0.3, -0.25) is 0 Å². The summed E-state index contributed by atoms with van der Waals surface area (Å²) in [5.41, 5.74) is 1.11. The molecule has 0 bridgehead atoms. The first kappa shape index (κ1) is 12.5. The van der Waals surface area contributed by atoms with Crippen LogP contribution >= 0.6 is 27.7 Å². The first-order chi connectivity index (χ1) is 8.20. The molecule has 88 valence electrons. The molecular weight excluding hydrogens is 298 g/mol. The van der Waals surface area contributed by atoms with Crippen molar-refractivity contribution in [3.8, 4) is 11.6 Å². The van der Waals surface area contributed by atoms with Crippen LogP contribution in [0.3, 0.4) is 0 Å². The molecule has 0 saturated carbocycles. The molecular formula is C13H12BrNOS. The Morgan fingerprint density at radius 1 is 1.29 bits per heavy atom. The Balaban J connectivity index is 2.28. The van der Waals surface area contributed by atoms with Crippen LogP contribution in [-0.2, 0) is 0 Å². The van der Waals surface area contributed by atoms with E-state index in [9.17, 15) is 0 Å². The molecule has 0 atom stereocenters. The number of halogens is 1. The summed E-state index contributed by atoms with van der Waals surface area (Å²) in [6, 6.07) is 9.86. The lowest BCUT2D eigenvalue weighted by molar-refractivity contribution is 0.451. The van der Waals surface area contributed by atoms with Crippen LogP contribution in [0.2, 0.25) is 0 Å². The summed E-state index contributed by atoms with van der Waals surface area (Å²) in [6.07, 6.45) is 3.79. The van der Waals surface area contributed by atoms with Crippen molar-refractivity contribution < 1.29 is 4.74 Å². The fourth-order valence-electron chi connectivity index (χ4n) is 1.39. The Labute approximate surface area is 114 Å². The second-order valence-electron chi connectivity index (χ2n) is 3.52. The summed E-state index contributed by atoms with van der Waals surface area (Å²) in [7, 11) is 0. The lowest BCUT2D eigenvalue weighted by Gasteiger charge is -2.09. The van der Waals surface area contributed by atoms with Gasteiger partial charge in [-0.15, -0.1) is 11.8 Å². The summed E-state index contributed by atoms with van der Waals surface area (Å²) < 4.78 is 6.77. The molecule has 4 heteroatoms. The molecule has 2 aromatic rings. The zero-order chi connectivity index (χ0) is 12.3. The normalized spacial score (nSPS) is 10.3. The third-order valence-corrected chi connectivity index (χ3v) is 3.91. The van der Waals surface area contributed by atoms with E-state index in [0.717, 1.165) is 20.7 Å². The number of nitrogens with zero attached hydrogens (tertiary/aromatic N) is 1. The molecule has 0 aliphatic carbocycles. The van der Waals surface area contributed by atoms with Gasteiger partial charge < -0.3 is 4.74 Å². The van der Waals surface area contributed by atoms with Gasteiger partial charge in [0, 0.05) is 21.6 Å². The first-order valence-corrected chi connectivity index (χ1v) is 7.15. The monoisotopic (exact) mass is 309 g/mol. The Bertz CT molecular complexity index is 531. The SMILES string of the molecule is CSc1ccccc1Oc1cc(C)c(Br)cn1. The number of benzene rings is 1. The van der Waals surface area contributed by atoms with E-state index in [1.54, 1.807) is 18.0 Å². The molecule has 0 fully saturated rings. The van der Waals surface area contributed by atoms with Crippen LogP contribution in [0.4, 0.5) is 0 Å². The number of thioether (sulfide) groups is 1. The van der Waals surface area contributed by atoms with Crippen molar-refractivity contribution in [1.29, 1.82) is 0 Å². The number of aromatic nitrogens is 1. The number of ether oxygens (including phenoxy) is 1. The van der Waals surface area contributed by atoms with Crippen molar-refractivity contribution in [3.05, 3.63) is 46.6 Å². The van der Waals surface area contributed by atoms with Crippen molar-refractivity contribution in [2.45, 2.75) is 11.8 Å². The van der Waals surface area contributed by atoms with Gasteiger partial charge in [0.15, 0.2) is 0 Å². The van der Waals surface area contributed by atoms with E-state index in [1.807, 2.05) is 43.5 Å². The molecule has 1 heterocycles. The quantitative estimate of drug-likeness (QED) is 0.769. The highest BCUT2D eigenvalue weighted by Gasteiger charge is 2.05. The van der Waals surface area contributed by atoms with E-state index in [-0.39, 0.29) is 0 Å². The maximum Gasteiger partial charge on any atom is 0.219 e. The predicted molar refractivity (Wildman–Crippen MR) is 75.0 cm³/mol. The molecule has 0 aliphatic rings. The second kappa shape index (κ2) is 5.56. The lowest BCUT2D eigenvalue weighted by atomic mass is 10.3. The van der Waals surface area contributed by atoms with Gasteiger partial charge in [0.25, 0.3) is 0 Å². The van der Waals surface area contributed by atoms with E-state index < -0.39 is 0 Å². The molecule has 0 aliphatic heterocycles. The van der Waals surface area contributed by atoms with Gasteiger partial charge in [0.2, 0.25) is 5.88 Å². The maximum absolute atomic E-state index is 5.78. The maximum atomic E-state index is 5.78. The summed E-state index contributed by atoms with van der Waals surface area (Å²) in [5.74, 6) is 1.46. The Morgan fingerprint density at radius 2 is 2.06 bits per heavy atom. The van der Waals surface area contributed by atoms with E-state index in [0.29, 0.717) is 5.88 Å². The molecule has 0 N–H and O–H groups in total. The summed E-state index contributed by atoms with van der Waals surface area (Å²) in [4.78, 5) is 5.34. The van der Waals surface area contributed by atoms with Gasteiger partial charge in [0.1, 0.15) is 5.75 Å². The average molecular weight is 310 g/mol. The number of hydrogen-bond donors (Lipinski definition) is 0. The molecule has 0 unspecified atom stereocenters. The smallest absolute Gasteiger partial charge is 0.219 e.